The third-order valence-corrected chi connectivity index (χ3v) is 3.40. The van der Waals surface area contributed by atoms with Gasteiger partial charge in [-0.15, -0.1) is 0 Å². The minimum Gasteiger partial charge on any atom is -0.504 e. The summed E-state index contributed by atoms with van der Waals surface area (Å²) in [6, 6.07) is 11.4. The van der Waals surface area contributed by atoms with Gasteiger partial charge in [-0.05, 0) is 36.4 Å². The molecule has 136 valence electrons. The quantitative estimate of drug-likeness (QED) is 0.511. The maximum atomic E-state index is 11.9. The molecule has 0 aromatic heterocycles. The fourth-order valence-electron chi connectivity index (χ4n) is 2.03. The number of amides is 2. The van der Waals surface area contributed by atoms with Gasteiger partial charge in [0.2, 0.25) is 0 Å². The zero-order valence-corrected chi connectivity index (χ0v) is 14.4. The fourth-order valence-corrected chi connectivity index (χ4v) is 2.03. The van der Waals surface area contributed by atoms with E-state index < -0.39 is 11.8 Å². The van der Waals surface area contributed by atoms with Gasteiger partial charge in [-0.2, -0.15) is 5.10 Å². The summed E-state index contributed by atoms with van der Waals surface area (Å²) in [4.78, 5) is 23.7. The van der Waals surface area contributed by atoms with Gasteiger partial charge in [0.15, 0.2) is 11.5 Å². The number of hydrazone groups is 1. The van der Waals surface area contributed by atoms with Gasteiger partial charge in [-0.3, -0.25) is 9.59 Å². The molecule has 0 unspecified atom stereocenters. The van der Waals surface area contributed by atoms with Crippen LogP contribution < -0.4 is 20.2 Å². The molecule has 0 saturated heterocycles. The molecule has 3 N–H and O–H groups in total. The fraction of sp³-hybridized carbons (Fsp3) is 0.167. The predicted octanol–water partition coefficient (Wildman–Crippen LogP) is 1.29. The minimum atomic E-state index is -0.509. The second kappa shape index (κ2) is 9.07. The van der Waals surface area contributed by atoms with Gasteiger partial charge >= 0.3 is 0 Å². The van der Waals surface area contributed by atoms with Crippen LogP contribution in [0.25, 0.3) is 0 Å². The summed E-state index contributed by atoms with van der Waals surface area (Å²) in [7, 11) is 2.97. The molecule has 8 nitrogen and oxygen atoms in total. The first kappa shape index (κ1) is 18.8. The lowest BCUT2D eigenvalue weighted by molar-refractivity contribution is -0.120. The van der Waals surface area contributed by atoms with Crippen LogP contribution in [0.5, 0.6) is 17.2 Å². The summed E-state index contributed by atoms with van der Waals surface area (Å²) in [5.74, 6) is -0.0509. The highest BCUT2D eigenvalue weighted by Gasteiger charge is 2.08. The highest BCUT2D eigenvalue weighted by molar-refractivity contribution is 5.96. The molecule has 2 amide bonds. The number of hydrogen-bond acceptors (Lipinski definition) is 6. The van der Waals surface area contributed by atoms with Crippen molar-refractivity contribution in [3.8, 4) is 17.2 Å². The average Bonchev–Trinajstić information content (AvgIpc) is 2.67. The number of carbonyl (C=O) groups excluding carboxylic acids is 2. The smallest absolute Gasteiger partial charge is 0.259 e. The molecule has 0 atom stereocenters. The second-order valence-electron chi connectivity index (χ2n) is 5.10. The van der Waals surface area contributed by atoms with Gasteiger partial charge in [0.1, 0.15) is 5.75 Å². The second-order valence-corrected chi connectivity index (χ2v) is 5.10. The number of nitrogens with one attached hydrogen (secondary N) is 2. The summed E-state index contributed by atoms with van der Waals surface area (Å²) < 4.78 is 9.99. The van der Waals surface area contributed by atoms with Crippen molar-refractivity contribution in [3.05, 3.63) is 53.6 Å². The van der Waals surface area contributed by atoms with Crippen molar-refractivity contribution in [1.29, 1.82) is 0 Å². The van der Waals surface area contributed by atoms with Crippen LogP contribution in [0, 0.1) is 0 Å². The normalized spacial score (nSPS) is 10.4. The Morgan fingerprint density at radius 2 is 1.85 bits per heavy atom. The Kier molecular flexibility index (Phi) is 6.55. The number of hydrogen-bond donors (Lipinski definition) is 3. The van der Waals surface area contributed by atoms with Crippen LogP contribution in [0.3, 0.4) is 0 Å². The lowest BCUT2D eigenvalue weighted by atomic mass is 10.2. The van der Waals surface area contributed by atoms with Gasteiger partial charge in [0.05, 0.1) is 27.0 Å². The van der Waals surface area contributed by atoms with Crippen molar-refractivity contribution < 1.29 is 24.2 Å². The number of nitrogens with zero attached hydrogens (tertiary/aromatic N) is 1. The molecule has 0 fully saturated rings. The highest BCUT2D eigenvalue weighted by atomic mass is 16.5. The molecule has 0 bridgehead atoms. The molecule has 0 spiro atoms. The van der Waals surface area contributed by atoms with Gasteiger partial charge < -0.3 is 19.9 Å². The van der Waals surface area contributed by atoms with Crippen molar-refractivity contribution in [2.24, 2.45) is 5.10 Å². The number of phenols is 1. The van der Waals surface area contributed by atoms with E-state index in [9.17, 15) is 14.7 Å². The van der Waals surface area contributed by atoms with Crippen LogP contribution in [0.4, 0.5) is 0 Å². The molecule has 0 aliphatic heterocycles. The topological polar surface area (TPSA) is 109 Å². The number of phenolic OH excluding ortho intramolecular Hbond substituents is 1. The number of methoxy groups -OCH3 is 2. The maximum Gasteiger partial charge on any atom is 0.259 e. The zero-order valence-electron chi connectivity index (χ0n) is 14.4. The molecule has 0 aliphatic rings. The largest absolute Gasteiger partial charge is 0.504 e. The van der Waals surface area contributed by atoms with Crippen molar-refractivity contribution in [1.82, 2.24) is 10.7 Å². The molecule has 8 heteroatoms. The third-order valence-electron chi connectivity index (χ3n) is 3.40. The minimum absolute atomic E-state index is 0.0826. The van der Waals surface area contributed by atoms with Crippen LogP contribution in [0.1, 0.15) is 15.9 Å². The molecule has 0 heterocycles. The van der Waals surface area contributed by atoms with E-state index in [-0.39, 0.29) is 12.3 Å². The Morgan fingerprint density at radius 3 is 2.50 bits per heavy atom. The van der Waals surface area contributed by atoms with Gasteiger partial charge in [-0.1, -0.05) is 6.07 Å². The van der Waals surface area contributed by atoms with E-state index >= 15 is 0 Å². The Morgan fingerprint density at radius 1 is 1.12 bits per heavy atom. The van der Waals surface area contributed by atoms with Crippen LogP contribution in [-0.2, 0) is 4.79 Å². The maximum absolute atomic E-state index is 11.9. The SMILES string of the molecule is COc1ccc(C(=O)NCC(=O)N/N=C/c2cccc(OC)c2O)cc1. The van der Waals surface area contributed by atoms with Gasteiger partial charge in [-0.25, -0.2) is 5.43 Å². The third kappa shape index (κ3) is 4.97. The molecule has 2 aromatic carbocycles. The Labute approximate surface area is 150 Å². The molecular weight excluding hydrogens is 338 g/mol. The summed E-state index contributed by atoms with van der Waals surface area (Å²) >= 11 is 0. The van der Waals surface area contributed by atoms with Crippen molar-refractivity contribution in [2.75, 3.05) is 20.8 Å². The number of ether oxygens (including phenoxy) is 2. The molecule has 0 aliphatic carbocycles. The van der Waals surface area contributed by atoms with E-state index in [4.69, 9.17) is 9.47 Å². The first-order chi connectivity index (χ1) is 12.5. The molecule has 0 saturated carbocycles. The summed E-state index contributed by atoms with van der Waals surface area (Å²) in [6.07, 6.45) is 1.28. The van der Waals surface area contributed by atoms with E-state index in [0.29, 0.717) is 22.6 Å². The number of carbonyl (C=O) groups is 2. The molecule has 26 heavy (non-hydrogen) atoms. The van der Waals surface area contributed by atoms with Crippen molar-refractivity contribution in [2.45, 2.75) is 0 Å². The molecule has 0 radical (unpaired) electrons. The monoisotopic (exact) mass is 357 g/mol. The van der Waals surface area contributed by atoms with Crippen molar-refractivity contribution in [3.63, 3.8) is 0 Å². The van der Waals surface area contributed by atoms with E-state index in [1.807, 2.05) is 0 Å². The zero-order chi connectivity index (χ0) is 18.9. The Bertz CT molecular complexity index is 803. The summed E-state index contributed by atoms with van der Waals surface area (Å²) in [6.45, 7) is -0.244. The number of aromatic hydroxyl groups is 1. The average molecular weight is 357 g/mol. The first-order valence-corrected chi connectivity index (χ1v) is 7.65. The van der Waals surface area contributed by atoms with E-state index in [1.165, 1.54) is 20.4 Å². The highest BCUT2D eigenvalue weighted by Crippen LogP contribution is 2.27. The Balaban J connectivity index is 1.84. The van der Waals surface area contributed by atoms with E-state index in [1.54, 1.807) is 42.5 Å². The number of para-hydroxylation sites is 1. The summed E-state index contributed by atoms with van der Waals surface area (Å²) in [5, 5.41) is 16.1. The van der Waals surface area contributed by atoms with Gasteiger partial charge in [0.25, 0.3) is 11.8 Å². The van der Waals surface area contributed by atoms with Crippen LogP contribution >= 0.6 is 0 Å². The number of rotatable bonds is 7. The van der Waals surface area contributed by atoms with Crippen LogP contribution in [-0.4, -0.2) is 43.9 Å². The first-order valence-electron chi connectivity index (χ1n) is 7.65. The predicted molar refractivity (Wildman–Crippen MR) is 95.7 cm³/mol. The standard InChI is InChI=1S/C18H19N3O5/c1-25-14-8-6-12(7-9-14)18(24)19-11-16(22)21-20-10-13-4-3-5-15(26-2)17(13)23/h3-10,23H,11H2,1-2H3,(H,19,24)(H,21,22)/b20-10+. The number of benzene rings is 2. The molecule has 2 rings (SSSR count). The lowest BCUT2D eigenvalue weighted by Crippen LogP contribution is -2.34. The molecule has 2 aromatic rings. The van der Waals surface area contributed by atoms with Crippen LogP contribution in [0.2, 0.25) is 0 Å². The van der Waals surface area contributed by atoms with E-state index in [0.717, 1.165) is 0 Å². The van der Waals surface area contributed by atoms with Gasteiger partial charge in [0, 0.05) is 11.1 Å². The van der Waals surface area contributed by atoms with Crippen LogP contribution in [0.15, 0.2) is 47.6 Å². The van der Waals surface area contributed by atoms with E-state index in [2.05, 4.69) is 15.8 Å². The lowest BCUT2D eigenvalue weighted by Gasteiger charge is -2.06. The van der Waals surface area contributed by atoms with Crippen molar-refractivity contribution >= 4 is 18.0 Å². The molecular formula is C18H19N3O5. The summed E-state index contributed by atoms with van der Waals surface area (Å²) in [5.41, 5.74) is 3.05. The Hall–Kier alpha value is -3.55.